The summed E-state index contributed by atoms with van der Waals surface area (Å²) < 4.78 is 13.8. The zero-order valence-electron chi connectivity index (χ0n) is 10.3. The largest absolute Gasteiger partial charge is 0.392 e. The number of benzene rings is 1. The number of aryl methyl sites for hydroxylation is 2. The Hall–Kier alpha value is -1.39. The molecule has 0 aliphatic carbocycles. The molecule has 0 aliphatic rings. The third-order valence-electron chi connectivity index (χ3n) is 2.50. The van der Waals surface area contributed by atoms with Crippen molar-refractivity contribution in [1.82, 2.24) is 4.98 Å². The van der Waals surface area contributed by atoms with Crippen molar-refractivity contribution in [3.63, 3.8) is 0 Å². The minimum Gasteiger partial charge on any atom is -0.392 e. The molecule has 0 amide bonds. The molecule has 0 spiro atoms. The van der Waals surface area contributed by atoms with Crippen molar-refractivity contribution in [3.05, 3.63) is 53.0 Å². The van der Waals surface area contributed by atoms with Crippen LogP contribution in [-0.4, -0.2) is 10.1 Å². The molecular formula is C14H14FNOS. The average molecular weight is 263 g/mol. The van der Waals surface area contributed by atoms with Gasteiger partial charge in [-0.3, -0.25) is 0 Å². The van der Waals surface area contributed by atoms with Gasteiger partial charge < -0.3 is 5.11 Å². The van der Waals surface area contributed by atoms with Gasteiger partial charge in [-0.1, -0.05) is 23.9 Å². The summed E-state index contributed by atoms with van der Waals surface area (Å²) in [5.41, 5.74) is 2.58. The molecule has 1 heterocycles. The van der Waals surface area contributed by atoms with Gasteiger partial charge in [0, 0.05) is 5.69 Å². The first-order chi connectivity index (χ1) is 8.60. The van der Waals surface area contributed by atoms with Crippen LogP contribution in [0.4, 0.5) is 4.39 Å². The molecule has 1 N–H and O–H groups in total. The maximum atomic E-state index is 13.8. The van der Waals surface area contributed by atoms with E-state index < -0.39 is 0 Å². The van der Waals surface area contributed by atoms with Crippen LogP contribution in [0.25, 0.3) is 0 Å². The molecule has 0 radical (unpaired) electrons. The number of aliphatic hydroxyl groups is 1. The summed E-state index contributed by atoms with van der Waals surface area (Å²) >= 11 is 1.25. The highest BCUT2D eigenvalue weighted by Crippen LogP contribution is 2.32. The third-order valence-corrected chi connectivity index (χ3v) is 3.58. The predicted molar refractivity (Wildman–Crippen MR) is 70.2 cm³/mol. The fourth-order valence-electron chi connectivity index (χ4n) is 1.75. The average Bonchev–Trinajstić information content (AvgIpc) is 2.30. The minimum atomic E-state index is -0.326. The van der Waals surface area contributed by atoms with Gasteiger partial charge >= 0.3 is 0 Å². The minimum absolute atomic E-state index is 0.176. The number of hydrogen-bond donors (Lipinski definition) is 1. The van der Waals surface area contributed by atoms with Crippen LogP contribution in [0.15, 0.2) is 40.3 Å². The van der Waals surface area contributed by atoms with Crippen molar-refractivity contribution in [2.24, 2.45) is 0 Å². The van der Waals surface area contributed by atoms with Gasteiger partial charge in [0.25, 0.3) is 0 Å². The second-order valence-electron chi connectivity index (χ2n) is 4.11. The van der Waals surface area contributed by atoms with Crippen molar-refractivity contribution < 1.29 is 9.50 Å². The Kier molecular flexibility index (Phi) is 3.99. The van der Waals surface area contributed by atoms with Gasteiger partial charge in [0.1, 0.15) is 10.8 Å². The van der Waals surface area contributed by atoms with Gasteiger partial charge in [-0.15, -0.1) is 0 Å². The summed E-state index contributed by atoms with van der Waals surface area (Å²) in [6.45, 7) is 3.71. The molecule has 1 aromatic heterocycles. The SMILES string of the molecule is Cc1cc(C)nc(Sc2c(F)cccc2CO)c1. The second-order valence-corrected chi connectivity index (χ2v) is 5.14. The molecule has 18 heavy (non-hydrogen) atoms. The van der Waals surface area contributed by atoms with E-state index in [9.17, 15) is 9.50 Å². The predicted octanol–water partition coefficient (Wildman–Crippen LogP) is 3.48. The van der Waals surface area contributed by atoms with E-state index in [1.807, 2.05) is 26.0 Å². The van der Waals surface area contributed by atoms with Crippen molar-refractivity contribution in [2.75, 3.05) is 0 Å². The van der Waals surface area contributed by atoms with E-state index in [0.29, 0.717) is 10.5 Å². The van der Waals surface area contributed by atoms with Crippen LogP contribution in [0.1, 0.15) is 16.8 Å². The number of pyridine rings is 1. The van der Waals surface area contributed by atoms with E-state index in [0.717, 1.165) is 16.3 Å². The Morgan fingerprint density at radius 3 is 2.72 bits per heavy atom. The Labute approximate surface area is 110 Å². The summed E-state index contributed by atoms with van der Waals surface area (Å²) in [6.07, 6.45) is 0. The molecule has 2 rings (SSSR count). The lowest BCUT2D eigenvalue weighted by molar-refractivity contribution is 0.277. The lowest BCUT2D eigenvalue weighted by Gasteiger charge is -2.08. The van der Waals surface area contributed by atoms with Crippen LogP contribution in [-0.2, 0) is 6.61 Å². The molecule has 4 heteroatoms. The van der Waals surface area contributed by atoms with Crippen molar-refractivity contribution in [3.8, 4) is 0 Å². The number of halogens is 1. The third kappa shape index (κ3) is 2.89. The van der Waals surface area contributed by atoms with Crippen LogP contribution >= 0.6 is 11.8 Å². The van der Waals surface area contributed by atoms with Crippen LogP contribution in [0.3, 0.4) is 0 Å². The Balaban J connectivity index is 2.39. The van der Waals surface area contributed by atoms with Crippen LogP contribution in [0, 0.1) is 19.7 Å². The normalized spacial score (nSPS) is 10.7. The van der Waals surface area contributed by atoms with Crippen molar-refractivity contribution in [2.45, 2.75) is 30.4 Å². The van der Waals surface area contributed by atoms with Crippen molar-refractivity contribution in [1.29, 1.82) is 0 Å². The van der Waals surface area contributed by atoms with Crippen LogP contribution < -0.4 is 0 Å². The highest BCUT2D eigenvalue weighted by atomic mass is 32.2. The van der Waals surface area contributed by atoms with Crippen LogP contribution in [0.5, 0.6) is 0 Å². The van der Waals surface area contributed by atoms with Gasteiger partial charge in [-0.05, 0) is 43.2 Å². The lowest BCUT2D eigenvalue weighted by atomic mass is 10.2. The summed E-state index contributed by atoms with van der Waals surface area (Å²) in [5.74, 6) is -0.326. The maximum Gasteiger partial charge on any atom is 0.137 e. The molecule has 0 fully saturated rings. The molecule has 1 aromatic carbocycles. The van der Waals surface area contributed by atoms with E-state index >= 15 is 0 Å². The van der Waals surface area contributed by atoms with Gasteiger partial charge in [-0.2, -0.15) is 0 Å². The first kappa shape index (κ1) is 13.1. The molecule has 0 saturated carbocycles. The molecular weight excluding hydrogens is 249 g/mol. The molecule has 0 saturated heterocycles. The smallest absolute Gasteiger partial charge is 0.137 e. The second kappa shape index (κ2) is 5.50. The molecule has 2 aromatic rings. The number of nitrogens with zero attached hydrogens (tertiary/aromatic N) is 1. The Morgan fingerprint density at radius 2 is 2.06 bits per heavy atom. The maximum absolute atomic E-state index is 13.8. The standard InChI is InChI=1S/C14H14FNOS/c1-9-6-10(2)16-13(7-9)18-14-11(8-17)4-3-5-12(14)15/h3-7,17H,8H2,1-2H3. The van der Waals surface area contributed by atoms with Gasteiger partial charge in [0.15, 0.2) is 0 Å². The lowest BCUT2D eigenvalue weighted by Crippen LogP contribution is -1.93. The highest BCUT2D eigenvalue weighted by Gasteiger charge is 2.10. The molecule has 94 valence electrons. The fourth-order valence-corrected chi connectivity index (χ4v) is 2.83. The molecule has 0 unspecified atom stereocenters. The van der Waals surface area contributed by atoms with Crippen molar-refractivity contribution >= 4 is 11.8 Å². The van der Waals surface area contributed by atoms with Gasteiger partial charge in [-0.25, -0.2) is 9.37 Å². The zero-order valence-corrected chi connectivity index (χ0v) is 11.1. The monoisotopic (exact) mass is 263 g/mol. The van der Waals surface area contributed by atoms with Gasteiger partial charge in [0.05, 0.1) is 11.5 Å². The molecule has 0 aliphatic heterocycles. The summed E-state index contributed by atoms with van der Waals surface area (Å²) in [6, 6.07) is 8.59. The fraction of sp³-hybridized carbons (Fsp3) is 0.214. The summed E-state index contributed by atoms with van der Waals surface area (Å²) in [4.78, 5) is 4.80. The number of hydrogen-bond acceptors (Lipinski definition) is 3. The molecule has 0 atom stereocenters. The first-order valence-corrected chi connectivity index (χ1v) is 6.43. The summed E-state index contributed by atoms with van der Waals surface area (Å²) in [5, 5.41) is 9.97. The first-order valence-electron chi connectivity index (χ1n) is 5.61. The van der Waals surface area contributed by atoms with Crippen LogP contribution in [0.2, 0.25) is 0 Å². The van der Waals surface area contributed by atoms with E-state index in [1.165, 1.54) is 17.8 Å². The number of rotatable bonds is 3. The van der Waals surface area contributed by atoms with E-state index in [-0.39, 0.29) is 12.4 Å². The number of aliphatic hydroxyl groups excluding tert-OH is 1. The van der Waals surface area contributed by atoms with Gasteiger partial charge in [0.2, 0.25) is 0 Å². The zero-order chi connectivity index (χ0) is 13.1. The molecule has 0 bridgehead atoms. The molecule has 2 nitrogen and oxygen atoms in total. The summed E-state index contributed by atoms with van der Waals surface area (Å²) in [7, 11) is 0. The number of aromatic nitrogens is 1. The Morgan fingerprint density at radius 1 is 1.28 bits per heavy atom. The topological polar surface area (TPSA) is 33.1 Å². The quantitative estimate of drug-likeness (QED) is 0.920. The Bertz CT molecular complexity index is 551. The highest BCUT2D eigenvalue weighted by molar-refractivity contribution is 7.99. The van der Waals surface area contributed by atoms with E-state index in [2.05, 4.69) is 4.98 Å². The van der Waals surface area contributed by atoms with E-state index in [1.54, 1.807) is 12.1 Å². The van der Waals surface area contributed by atoms with E-state index in [4.69, 9.17) is 0 Å².